The first-order chi connectivity index (χ1) is 17.2. The highest BCUT2D eigenvalue weighted by atomic mass is 19.4. The number of hydrogen-bond acceptors (Lipinski definition) is 7. The number of carbonyl (C=O) groups is 1. The van der Waals surface area contributed by atoms with Crippen molar-refractivity contribution < 1.29 is 27.4 Å². The van der Waals surface area contributed by atoms with E-state index in [1.54, 1.807) is 35.2 Å². The van der Waals surface area contributed by atoms with Crippen molar-refractivity contribution in [3.05, 3.63) is 75.7 Å². The van der Waals surface area contributed by atoms with Crippen LogP contribution >= 0.6 is 0 Å². The maximum atomic E-state index is 13.6. The highest BCUT2D eigenvalue weighted by molar-refractivity contribution is 5.78. The second-order valence-electron chi connectivity index (χ2n) is 8.12. The number of alkyl halides is 3. The van der Waals surface area contributed by atoms with Crippen LogP contribution < -0.4 is 15.2 Å². The van der Waals surface area contributed by atoms with Gasteiger partial charge in [-0.3, -0.25) is 4.79 Å². The lowest BCUT2D eigenvalue weighted by Crippen LogP contribution is -2.38. The molecule has 0 fully saturated rings. The Hall–Kier alpha value is -4.35. The Morgan fingerprint density at radius 1 is 1.14 bits per heavy atom. The first-order valence-electron chi connectivity index (χ1n) is 11.0. The molecule has 3 heterocycles. The van der Waals surface area contributed by atoms with Crippen LogP contribution in [-0.2, 0) is 28.7 Å². The number of anilines is 1. The van der Waals surface area contributed by atoms with E-state index in [2.05, 4.69) is 19.7 Å². The predicted molar refractivity (Wildman–Crippen MR) is 123 cm³/mol. The summed E-state index contributed by atoms with van der Waals surface area (Å²) in [6, 6.07) is 12.0. The van der Waals surface area contributed by atoms with Gasteiger partial charge in [-0.05, 0) is 30.3 Å². The molecule has 12 heteroatoms. The van der Waals surface area contributed by atoms with Crippen molar-refractivity contribution in [3.63, 3.8) is 0 Å². The van der Waals surface area contributed by atoms with E-state index in [-0.39, 0.29) is 23.6 Å². The van der Waals surface area contributed by atoms with Crippen molar-refractivity contribution >= 4 is 23.0 Å². The Bertz CT molecular complexity index is 1500. The van der Waals surface area contributed by atoms with Gasteiger partial charge in [0.05, 0.1) is 47.2 Å². The van der Waals surface area contributed by atoms with Gasteiger partial charge in [-0.15, -0.1) is 0 Å². The molecule has 0 saturated carbocycles. The van der Waals surface area contributed by atoms with Gasteiger partial charge in [-0.25, -0.2) is 19.3 Å². The molecule has 2 aromatic carbocycles. The molecule has 0 spiro atoms. The highest BCUT2D eigenvalue weighted by Gasteiger charge is 2.31. The molecule has 36 heavy (non-hydrogen) atoms. The van der Waals surface area contributed by atoms with Crippen LogP contribution in [0, 0.1) is 0 Å². The minimum atomic E-state index is -4.47. The van der Waals surface area contributed by atoms with Gasteiger partial charge in [-0.2, -0.15) is 13.2 Å². The van der Waals surface area contributed by atoms with Gasteiger partial charge in [0, 0.05) is 13.0 Å². The normalized spacial score (nSPS) is 13.5. The first-order valence-corrected chi connectivity index (χ1v) is 11.0. The van der Waals surface area contributed by atoms with Crippen LogP contribution in [0.4, 0.5) is 19.1 Å². The van der Waals surface area contributed by atoms with Crippen LogP contribution in [-0.4, -0.2) is 45.7 Å². The Balaban J connectivity index is 1.52. The fraction of sp³-hybridized carbons (Fsp3) is 0.250. The van der Waals surface area contributed by atoms with Crippen molar-refractivity contribution in [3.8, 4) is 11.7 Å². The molecule has 0 amide bonds. The fourth-order valence-corrected chi connectivity index (χ4v) is 4.04. The summed E-state index contributed by atoms with van der Waals surface area (Å²) >= 11 is 0. The number of aromatic nitrogens is 4. The Labute approximate surface area is 202 Å². The SMILES string of the molecule is COC(=O)COc1nc2c(c(=O)n1-c1ccccc1)CN(c1nc3ccc(C(F)(F)F)cc3[nH]1)CC2. The van der Waals surface area contributed by atoms with E-state index in [1.165, 1.54) is 17.7 Å². The number of halogens is 3. The Morgan fingerprint density at radius 2 is 1.92 bits per heavy atom. The number of ether oxygens (including phenoxy) is 2. The second kappa shape index (κ2) is 9.02. The monoisotopic (exact) mass is 499 g/mol. The molecule has 2 aromatic heterocycles. The van der Waals surface area contributed by atoms with Gasteiger partial charge in [0.15, 0.2) is 6.61 Å². The van der Waals surface area contributed by atoms with Gasteiger partial charge >= 0.3 is 18.2 Å². The number of hydrogen-bond donors (Lipinski definition) is 1. The average Bonchev–Trinajstić information content (AvgIpc) is 3.31. The number of fused-ring (bicyclic) bond motifs is 2. The molecule has 0 bridgehead atoms. The van der Waals surface area contributed by atoms with E-state index in [1.807, 2.05) is 0 Å². The van der Waals surface area contributed by atoms with Crippen LogP contribution in [0.25, 0.3) is 16.7 Å². The molecule has 4 aromatic rings. The Morgan fingerprint density at radius 3 is 2.64 bits per heavy atom. The number of carbonyl (C=O) groups excluding carboxylic acids is 1. The third-order valence-corrected chi connectivity index (χ3v) is 5.86. The maximum absolute atomic E-state index is 13.6. The topological polar surface area (TPSA) is 102 Å². The smallest absolute Gasteiger partial charge is 0.416 e. The number of para-hydroxylation sites is 1. The lowest BCUT2D eigenvalue weighted by molar-refractivity contribution is -0.143. The van der Waals surface area contributed by atoms with Crippen molar-refractivity contribution in [1.29, 1.82) is 0 Å². The summed E-state index contributed by atoms with van der Waals surface area (Å²) in [6.45, 7) is 0.133. The van der Waals surface area contributed by atoms with Crippen LogP contribution in [0.15, 0.2) is 53.3 Å². The zero-order valence-electron chi connectivity index (χ0n) is 19.0. The summed E-state index contributed by atoms with van der Waals surface area (Å²) in [4.78, 5) is 38.9. The largest absolute Gasteiger partial charge is 0.466 e. The average molecular weight is 499 g/mol. The van der Waals surface area contributed by atoms with Crippen LogP contribution in [0.2, 0.25) is 0 Å². The van der Waals surface area contributed by atoms with E-state index in [0.717, 1.165) is 12.1 Å². The summed E-state index contributed by atoms with van der Waals surface area (Å²) in [5.41, 5.74) is 0.881. The molecule has 0 radical (unpaired) electrons. The van der Waals surface area contributed by atoms with Crippen LogP contribution in [0.5, 0.6) is 6.01 Å². The molecule has 186 valence electrons. The summed E-state index contributed by atoms with van der Waals surface area (Å²) in [6.07, 6.45) is -4.11. The summed E-state index contributed by atoms with van der Waals surface area (Å²) < 4.78 is 50.7. The number of benzene rings is 2. The minimum absolute atomic E-state index is 0.0350. The molecule has 5 rings (SSSR count). The molecular formula is C24H20F3N5O4. The van der Waals surface area contributed by atoms with Gasteiger partial charge in [-0.1, -0.05) is 18.2 Å². The number of rotatable bonds is 5. The second-order valence-corrected chi connectivity index (χ2v) is 8.12. The summed E-state index contributed by atoms with van der Waals surface area (Å²) in [7, 11) is 1.23. The number of nitrogens with one attached hydrogen (secondary N) is 1. The van der Waals surface area contributed by atoms with Crippen molar-refractivity contribution in [2.24, 2.45) is 0 Å². The Kier molecular flexibility index (Phi) is 5.86. The molecule has 1 N–H and O–H groups in total. The number of aromatic amines is 1. The number of nitrogens with zero attached hydrogens (tertiary/aromatic N) is 4. The number of imidazole rings is 1. The van der Waals surface area contributed by atoms with Crippen LogP contribution in [0.3, 0.4) is 0 Å². The quantitative estimate of drug-likeness (QED) is 0.421. The van der Waals surface area contributed by atoms with Gasteiger partial charge in [0.1, 0.15) is 0 Å². The van der Waals surface area contributed by atoms with E-state index in [0.29, 0.717) is 41.4 Å². The third kappa shape index (κ3) is 4.37. The van der Waals surface area contributed by atoms with Crippen molar-refractivity contribution in [2.75, 3.05) is 25.2 Å². The molecule has 0 saturated heterocycles. The third-order valence-electron chi connectivity index (χ3n) is 5.86. The maximum Gasteiger partial charge on any atom is 0.416 e. The number of esters is 1. The molecule has 9 nitrogen and oxygen atoms in total. The lowest BCUT2D eigenvalue weighted by atomic mass is 10.1. The van der Waals surface area contributed by atoms with E-state index < -0.39 is 24.3 Å². The summed E-state index contributed by atoms with van der Waals surface area (Å²) in [5.74, 6) is -0.266. The number of methoxy groups -OCH3 is 1. The van der Waals surface area contributed by atoms with E-state index in [4.69, 9.17) is 4.74 Å². The molecule has 1 aliphatic heterocycles. The molecule has 0 unspecified atom stereocenters. The molecule has 0 atom stereocenters. The zero-order chi connectivity index (χ0) is 25.4. The van der Waals surface area contributed by atoms with Crippen molar-refractivity contribution in [1.82, 2.24) is 19.5 Å². The van der Waals surface area contributed by atoms with Gasteiger partial charge in [0.2, 0.25) is 5.95 Å². The van der Waals surface area contributed by atoms with Crippen molar-refractivity contribution in [2.45, 2.75) is 19.1 Å². The molecular weight excluding hydrogens is 479 g/mol. The fourth-order valence-electron chi connectivity index (χ4n) is 4.04. The lowest BCUT2D eigenvalue weighted by Gasteiger charge is -2.28. The molecule has 1 aliphatic rings. The predicted octanol–water partition coefficient (Wildman–Crippen LogP) is 3.24. The van der Waals surface area contributed by atoms with Crippen LogP contribution in [0.1, 0.15) is 16.8 Å². The molecule has 0 aliphatic carbocycles. The van der Waals surface area contributed by atoms with Gasteiger partial charge < -0.3 is 19.4 Å². The highest BCUT2D eigenvalue weighted by Crippen LogP contribution is 2.32. The summed E-state index contributed by atoms with van der Waals surface area (Å²) in [5, 5.41) is 0. The van der Waals surface area contributed by atoms with E-state index >= 15 is 0 Å². The van der Waals surface area contributed by atoms with Gasteiger partial charge in [0.25, 0.3) is 5.56 Å². The minimum Gasteiger partial charge on any atom is -0.466 e. The standard InChI is InChI=1S/C24H20F3N5O4/c1-35-20(33)13-36-23-30-17-9-10-31(12-16(17)21(34)32(23)15-5-3-2-4-6-15)22-28-18-8-7-14(24(25,26)27)11-19(18)29-22/h2-8,11H,9-10,12-13H2,1H3,(H,28,29). The first kappa shape index (κ1) is 23.4. The number of H-pyrrole nitrogens is 1. The van der Waals surface area contributed by atoms with E-state index in [9.17, 15) is 22.8 Å². The zero-order valence-corrected chi connectivity index (χ0v) is 19.0.